The zero-order valence-corrected chi connectivity index (χ0v) is 12.0. The molecule has 1 aromatic rings. The summed E-state index contributed by atoms with van der Waals surface area (Å²) in [6.45, 7) is 2.75. The highest BCUT2D eigenvalue weighted by atomic mass is 19.4. The summed E-state index contributed by atoms with van der Waals surface area (Å²) in [4.78, 5) is 13.8. The third-order valence-electron chi connectivity index (χ3n) is 4.04. The number of rotatable bonds is 3. The summed E-state index contributed by atoms with van der Waals surface area (Å²) in [5, 5.41) is 0. The summed E-state index contributed by atoms with van der Waals surface area (Å²) in [6, 6.07) is 5.22. The van der Waals surface area contributed by atoms with E-state index in [-0.39, 0.29) is 5.97 Å². The van der Waals surface area contributed by atoms with Crippen LogP contribution in [0.2, 0.25) is 0 Å². The molecule has 0 bridgehead atoms. The molecule has 1 heterocycles. The first kappa shape index (κ1) is 15.8. The van der Waals surface area contributed by atoms with Gasteiger partial charge in [0.15, 0.2) is 0 Å². The molecule has 0 aliphatic carbocycles. The van der Waals surface area contributed by atoms with E-state index in [1.807, 2.05) is 4.90 Å². The molecule has 1 atom stereocenters. The van der Waals surface area contributed by atoms with Crippen LogP contribution in [-0.2, 0) is 22.3 Å². The van der Waals surface area contributed by atoms with Crippen LogP contribution in [0.25, 0.3) is 0 Å². The van der Waals surface area contributed by atoms with Crippen molar-refractivity contribution in [1.29, 1.82) is 0 Å². The van der Waals surface area contributed by atoms with Crippen molar-refractivity contribution in [2.24, 2.45) is 0 Å². The van der Waals surface area contributed by atoms with Gasteiger partial charge in [-0.15, -0.1) is 0 Å². The SMILES string of the molecule is COC(=O)C1(C)CCCN1Cc1cccc(C(F)(F)F)c1. The van der Waals surface area contributed by atoms with Crippen molar-refractivity contribution in [3.8, 4) is 0 Å². The van der Waals surface area contributed by atoms with Gasteiger partial charge in [0.1, 0.15) is 5.54 Å². The Labute approximate surface area is 121 Å². The second-order valence-electron chi connectivity index (χ2n) is 5.49. The van der Waals surface area contributed by atoms with Crippen molar-refractivity contribution in [2.45, 2.75) is 38.0 Å². The fourth-order valence-electron chi connectivity index (χ4n) is 2.79. The summed E-state index contributed by atoms with van der Waals surface area (Å²) in [5.41, 5.74) is -0.885. The molecule has 1 fully saturated rings. The van der Waals surface area contributed by atoms with Crippen LogP contribution in [-0.4, -0.2) is 30.1 Å². The number of carbonyl (C=O) groups excluding carboxylic acids is 1. The zero-order valence-electron chi connectivity index (χ0n) is 12.0. The summed E-state index contributed by atoms with van der Waals surface area (Å²) >= 11 is 0. The van der Waals surface area contributed by atoms with Crippen LogP contribution in [0.3, 0.4) is 0 Å². The van der Waals surface area contributed by atoms with Crippen molar-refractivity contribution < 1.29 is 22.7 Å². The maximum Gasteiger partial charge on any atom is 0.416 e. The second-order valence-corrected chi connectivity index (χ2v) is 5.49. The van der Waals surface area contributed by atoms with Crippen LogP contribution in [0.5, 0.6) is 0 Å². The number of halogens is 3. The molecule has 116 valence electrons. The first-order valence-electron chi connectivity index (χ1n) is 6.77. The van der Waals surface area contributed by atoms with Crippen molar-refractivity contribution in [2.75, 3.05) is 13.7 Å². The monoisotopic (exact) mass is 301 g/mol. The molecule has 0 amide bonds. The van der Waals surface area contributed by atoms with Gasteiger partial charge in [-0.2, -0.15) is 13.2 Å². The van der Waals surface area contributed by atoms with E-state index in [0.717, 1.165) is 18.6 Å². The molecule has 0 N–H and O–H groups in total. The first-order chi connectivity index (χ1) is 9.77. The standard InChI is InChI=1S/C15H18F3NO2/c1-14(13(20)21-2)7-4-8-19(14)10-11-5-3-6-12(9-11)15(16,17)18/h3,5-6,9H,4,7-8,10H2,1-2H3. The number of nitrogens with zero attached hydrogens (tertiary/aromatic N) is 1. The number of carbonyl (C=O) groups is 1. The quantitative estimate of drug-likeness (QED) is 0.803. The first-order valence-corrected chi connectivity index (χ1v) is 6.77. The Balaban J connectivity index is 2.20. The molecule has 0 saturated carbocycles. The fourth-order valence-corrected chi connectivity index (χ4v) is 2.79. The topological polar surface area (TPSA) is 29.5 Å². The Morgan fingerprint density at radius 2 is 2.14 bits per heavy atom. The highest BCUT2D eigenvalue weighted by Gasteiger charge is 2.44. The van der Waals surface area contributed by atoms with E-state index >= 15 is 0 Å². The lowest BCUT2D eigenvalue weighted by Gasteiger charge is -2.32. The third-order valence-corrected chi connectivity index (χ3v) is 4.04. The molecule has 1 aliphatic heterocycles. The number of hydrogen-bond acceptors (Lipinski definition) is 3. The van der Waals surface area contributed by atoms with Gasteiger partial charge in [0.25, 0.3) is 0 Å². The van der Waals surface area contributed by atoms with E-state index in [1.54, 1.807) is 13.0 Å². The maximum absolute atomic E-state index is 12.7. The van der Waals surface area contributed by atoms with Gasteiger partial charge in [-0.1, -0.05) is 18.2 Å². The number of hydrogen-bond donors (Lipinski definition) is 0. The molecule has 3 nitrogen and oxygen atoms in total. The number of likely N-dealkylation sites (tertiary alicyclic amines) is 1. The number of benzene rings is 1. The van der Waals surface area contributed by atoms with Crippen LogP contribution in [0.1, 0.15) is 30.9 Å². The molecule has 21 heavy (non-hydrogen) atoms. The molecular formula is C15H18F3NO2. The predicted octanol–water partition coefficient (Wildman–Crippen LogP) is 3.23. The van der Waals surface area contributed by atoms with E-state index in [1.165, 1.54) is 13.2 Å². The number of ether oxygens (including phenoxy) is 1. The smallest absolute Gasteiger partial charge is 0.416 e. The van der Waals surface area contributed by atoms with E-state index < -0.39 is 17.3 Å². The summed E-state index contributed by atoms with van der Waals surface area (Å²) < 4.78 is 43.0. The lowest BCUT2D eigenvalue weighted by molar-refractivity contribution is -0.152. The Bertz CT molecular complexity index is 530. The normalized spacial score (nSPS) is 23.3. The Morgan fingerprint density at radius 1 is 1.43 bits per heavy atom. The number of alkyl halides is 3. The fraction of sp³-hybridized carbons (Fsp3) is 0.533. The zero-order chi connectivity index (χ0) is 15.7. The van der Waals surface area contributed by atoms with Crippen LogP contribution in [0.15, 0.2) is 24.3 Å². The Kier molecular flexibility index (Phi) is 4.27. The molecule has 1 saturated heterocycles. The summed E-state index contributed by atoms with van der Waals surface area (Å²) in [5.74, 6) is -0.341. The highest BCUT2D eigenvalue weighted by molar-refractivity contribution is 5.80. The van der Waals surface area contributed by atoms with E-state index in [9.17, 15) is 18.0 Å². The van der Waals surface area contributed by atoms with E-state index in [0.29, 0.717) is 25.1 Å². The van der Waals surface area contributed by atoms with Crippen molar-refractivity contribution in [3.05, 3.63) is 35.4 Å². The molecular weight excluding hydrogens is 283 g/mol. The van der Waals surface area contributed by atoms with Crippen LogP contribution in [0, 0.1) is 0 Å². The predicted molar refractivity (Wildman–Crippen MR) is 71.5 cm³/mol. The molecule has 1 aromatic carbocycles. The highest BCUT2D eigenvalue weighted by Crippen LogP contribution is 2.33. The number of methoxy groups -OCH3 is 1. The van der Waals surface area contributed by atoms with Crippen LogP contribution < -0.4 is 0 Å². The molecule has 2 rings (SSSR count). The second kappa shape index (κ2) is 5.67. The van der Waals surface area contributed by atoms with Crippen molar-refractivity contribution >= 4 is 5.97 Å². The van der Waals surface area contributed by atoms with E-state index in [2.05, 4.69) is 0 Å². The van der Waals surface area contributed by atoms with Gasteiger partial charge >= 0.3 is 12.1 Å². The van der Waals surface area contributed by atoms with Crippen molar-refractivity contribution in [3.63, 3.8) is 0 Å². The minimum Gasteiger partial charge on any atom is -0.468 e. The van der Waals surface area contributed by atoms with Crippen LogP contribution >= 0.6 is 0 Å². The lowest BCUT2D eigenvalue weighted by atomic mass is 9.98. The summed E-state index contributed by atoms with van der Waals surface area (Å²) in [7, 11) is 1.33. The van der Waals surface area contributed by atoms with Gasteiger partial charge < -0.3 is 4.74 Å². The number of esters is 1. The molecule has 0 radical (unpaired) electrons. The third kappa shape index (κ3) is 3.20. The average Bonchev–Trinajstić information content (AvgIpc) is 2.80. The van der Waals surface area contributed by atoms with Crippen molar-refractivity contribution in [1.82, 2.24) is 4.90 Å². The van der Waals surface area contributed by atoms with Crippen LogP contribution in [0.4, 0.5) is 13.2 Å². The minimum absolute atomic E-state index is 0.301. The Morgan fingerprint density at radius 3 is 2.76 bits per heavy atom. The molecule has 1 unspecified atom stereocenters. The average molecular weight is 301 g/mol. The van der Waals surface area contributed by atoms with Gasteiger partial charge in [0, 0.05) is 6.54 Å². The van der Waals surface area contributed by atoms with Gasteiger partial charge in [0.05, 0.1) is 12.7 Å². The minimum atomic E-state index is -4.35. The molecule has 6 heteroatoms. The van der Waals surface area contributed by atoms with E-state index in [4.69, 9.17) is 4.74 Å². The largest absolute Gasteiger partial charge is 0.468 e. The molecule has 0 aromatic heterocycles. The maximum atomic E-state index is 12.7. The summed E-state index contributed by atoms with van der Waals surface area (Å²) in [6.07, 6.45) is -2.88. The van der Waals surface area contributed by atoms with Gasteiger partial charge in [-0.3, -0.25) is 9.69 Å². The Hall–Kier alpha value is -1.56. The molecule has 1 aliphatic rings. The van der Waals surface area contributed by atoms with Gasteiger partial charge in [-0.05, 0) is 37.9 Å². The molecule has 0 spiro atoms. The van der Waals surface area contributed by atoms with Gasteiger partial charge in [-0.25, -0.2) is 0 Å². The lowest BCUT2D eigenvalue weighted by Crippen LogP contribution is -2.48. The van der Waals surface area contributed by atoms with Gasteiger partial charge in [0.2, 0.25) is 0 Å².